The summed E-state index contributed by atoms with van der Waals surface area (Å²) >= 11 is 0. The highest BCUT2D eigenvalue weighted by Gasteiger charge is 2.18. The van der Waals surface area contributed by atoms with Crippen LogP contribution < -0.4 is 10.6 Å². The van der Waals surface area contributed by atoms with E-state index >= 15 is 0 Å². The Morgan fingerprint density at radius 3 is 1.38 bits per heavy atom. The standard InChI is InChI=1S/C37H76N4O2.C12H23NO3.C5H12O/c1-5-9-12-15-18-21-24-29-39(30-25-22-19-16-13-10-6-2)33-34-40(31-26-23-20-17-14-11-7-3)35-37(43)41(28-8-4)32-27-38-36-42;1-2-3-11-16-12(15)7-6-9-13-8-4-5-10-14;1-3-4-5-6-2/h36H,5-35H2,1-4H3,(H,38,42);10,13H,2-9,11H2,1H3;3-5H2,1-2H3. The van der Waals surface area contributed by atoms with Crippen molar-refractivity contribution in [2.24, 2.45) is 0 Å². The number of methoxy groups -OCH3 is 1. The largest absolute Gasteiger partial charge is 0.466 e. The number of rotatable bonds is 49. The number of amides is 2. The monoisotopic (exact) mass is 926 g/mol. The molecule has 0 spiro atoms. The van der Waals surface area contributed by atoms with Crippen LogP contribution in [0.5, 0.6) is 0 Å². The van der Waals surface area contributed by atoms with Crippen molar-refractivity contribution in [2.45, 2.75) is 234 Å². The molecular weight excluding hydrogens is 815 g/mol. The Bertz CT molecular complexity index is 939. The highest BCUT2D eigenvalue weighted by molar-refractivity contribution is 5.78. The van der Waals surface area contributed by atoms with Crippen LogP contribution in [0.2, 0.25) is 0 Å². The summed E-state index contributed by atoms with van der Waals surface area (Å²) in [5.41, 5.74) is 0. The summed E-state index contributed by atoms with van der Waals surface area (Å²) in [6.45, 7) is 24.1. The highest BCUT2D eigenvalue weighted by Crippen LogP contribution is 2.12. The van der Waals surface area contributed by atoms with E-state index in [9.17, 15) is 19.2 Å². The van der Waals surface area contributed by atoms with Gasteiger partial charge in [0, 0.05) is 59.3 Å². The van der Waals surface area contributed by atoms with Gasteiger partial charge in [-0.1, -0.05) is 170 Å². The zero-order chi connectivity index (χ0) is 48.5. The Kier molecular flexibility index (Phi) is 62.0. The molecule has 0 saturated carbocycles. The van der Waals surface area contributed by atoms with Crippen LogP contribution in [0.15, 0.2) is 0 Å². The number of unbranched alkanes of at least 4 members (excludes halogenated alkanes) is 21. The molecule has 65 heavy (non-hydrogen) atoms. The minimum absolute atomic E-state index is 0.108. The van der Waals surface area contributed by atoms with E-state index in [0.29, 0.717) is 39.1 Å². The van der Waals surface area contributed by atoms with Crippen LogP contribution >= 0.6 is 0 Å². The molecule has 11 heteroatoms. The second kappa shape index (κ2) is 59.9. The second-order valence-electron chi connectivity index (χ2n) is 18.0. The number of hydrogen-bond acceptors (Lipinski definition) is 9. The van der Waals surface area contributed by atoms with Crippen molar-refractivity contribution in [3.8, 4) is 0 Å². The number of aldehydes is 1. The van der Waals surface area contributed by atoms with E-state index in [2.05, 4.69) is 62.0 Å². The van der Waals surface area contributed by atoms with Crippen LogP contribution in [0.25, 0.3) is 0 Å². The van der Waals surface area contributed by atoms with E-state index in [0.717, 1.165) is 90.7 Å². The topological polar surface area (TPSA) is 121 Å². The highest BCUT2D eigenvalue weighted by atomic mass is 16.5. The van der Waals surface area contributed by atoms with E-state index in [-0.39, 0.29) is 11.9 Å². The third kappa shape index (κ3) is 56.2. The number of carbonyl (C=O) groups is 4. The van der Waals surface area contributed by atoms with Crippen LogP contribution in [-0.2, 0) is 28.7 Å². The predicted octanol–water partition coefficient (Wildman–Crippen LogP) is 11.9. The molecule has 0 atom stereocenters. The molecule has 0 rings (SSSR count). The van der Waals surface area contributed by atoms with Gasteiger partial charge >= 0.3 is 5.97 Å². The molecule has 0 aliphatic carbocycles. The fourth-order valence-electron chi connectivity index (χ4n) is 7.43. The van der Waals surface area contributed by atoms with Crippen LogP contribution in [0, 0.1) is 0 Å². The zero-order valence-electron chi connectivity index (χ0n) is 44.4. The van der Waals surface area contributed by atoms with Crippen molar-refractivity contribution >= 4 is 24.6 Å². The lowest BCUT2D eigenvalue weighted by molar-refractivity contribution is -0.143. The van der Waals surface area contributed by atoms with Crippen molar-refractivity contribution < 1.29 is 28.7 Å². The van der Waals surface area contributed by atoms with Gasteiger partial charge in [0.1, 0.15) is 6.29 Å². The minimum atomic E-state index is -0.108. The molecule has 0 aromatic heterocycles. The van der Waals surface area contributed by atoms with Gasteiger partial charge in [-0.25, -0.2) is 0 Å². The number of nitrogens with zero attached hydrogens (tertiary/aromatic N) is 3. The number of ether oxygens (including phenoxy) is 2. The number of carbonyl (C=O) groups excluding carboxylic acids is 4. The summed E-state index contributed by atoms with van der Waals surface area (Å²) in [7, 11) is 1.73. The van der Waals surface area contributed by atoms with Crippen LogP contribution in [0.3, 0.4) is 0 Å². The van der Waals surface area contributed by atoms with Gasteiger partial charge in [0.2, 0.25) is 12.3 Å². The first kappa shape index (κ1) is 67.2. The van der Waals surface area contributed by atoms with Gasteiger partial charge in [0.25, 0.3) is 0 Å². The third-order valence-electron chi connectivity index (χ3n) is 11.7. The molecule has 0 bridgehead atoms. The summed E-state index contributed by atoms with van der Waals surface area (Å²) in [6, 6.07) is 0. The van der Waals surface area contributed by atoms with Gasteiger partial charge in [-0.15, -0.1) is 0 Å². The lowest BCUT2D eigenvalue weighted by Gasteiger charge is -2.30. The lowest BCUT2D eigenvalue weighted by Crippen LogP contribution is -2.45. The first-order valence-electron chi connectivity index (χ1n) is 27.5. The first-order chi connectivity index (χ1) is 31.8. The van der Waals surface area contributed by atoms with Crippen molar-refractivity contribution in [1.82, 2.24) is 25.3 Å². The molecule has 0 aromatic rings. The smallest absolute Gasteiger partial charge is 0.305 e. The van der Waals surface area contributed by atoms with E-state index in [1.165, 1.54) is 161 Å². The maximum absolute atomic E-state index is 13.4. The molecule has 0 aromatic carbocycles. The maximum Gasteiger partial charge on any atom is 0.305 e. The third-order valence-corrected chi connectivity index (χ3v) is 11.7. The first-order valence-corrected chi connectivity index (χ1v) is 27.5. The quantitative estimate of drug-likeness (QED) is 0.0349. The Balaban J connectivity index is -0.00000143. The van der Waals surface area contributed by atoms with Gasteiger partial charge in [0.15, 0.2) is 0 Å². The number of nitrogens with one attached hydrogen (secondary N) is 2. The van der Waals surface area contributed by atoms with Gasteiger partial charge < -0.3 is 34.7 Å². The summed E-state index contributed by atoms with van der Waals surface area (Å²) in [5, 5.41) is 5.91. The fourth-order valence-corrected chi connectivity index (χ4v) is 7.43. The molecule has 0 aliphatic heterocycles. The van der Waals surface area contributed by atoms with Crippen molar-refractivity contribution in [2.75, 3.05) is 92.3 Å². The zero-order valence-corrected chi connectivity index (χ0v) is 44.4. The Hall–Kier alpha value is -2.08. The fraction of sp³-hybridized carbons (Fsp3) is 0.926. The number of esters is 1. The van der Waals surface area contributed by atoms with E-state index < -0.39 is 0 Å². The molecule has 2 N–H and O–H groups in total. The molecule has 0 fully saturated rings. The Morgan fingerprint density at radius 2 is 0.923 bits per heavy atom. The minimum Gasteiger partial charge on any atom is -0.466 e. The van der Waals surface area contributed by atoms with Gasteiger partial charge in [0.05, 0.1) is 13.2 Å². The molecule has 0 aliphatic rings. The lowest BCUT2D eigenvalue weighted by atomic mass is 10.1. The van der Waals surface area contributed by atoms with Crippen LogP contribution in [-0.4, -0.2) is 132 Å². The maximum atomic E-state index is 13.4. The van der Waals surface area contributed by atoms with E-state index in [1.54, 1.807) is 7.11 Å². The van der Waals surface area contributed by atoms with Gasteiger partial charge in [-0.2, -0.15) is 0 Å². The molecule has 0 radical (unpaired) electrons. The molecule has 11 nitrogen and oxygen atoms in total. The normalized spacial score (nSPS) is 10.9. The molecule has 0 unspecified atom stereocenters. The van der Waals surface area contributed by atoms with E-state index in [4.69, 9.17) is 9.47 Å². The summed E-state index contributed by atoms with van der Waals surface area (Å²) in [4.78, 5) is 52.4. The van der Waals surface area contributed by atoms with Gasteiger partial charge in [-0.05, 0) is 84.1 Å². The van der Waals surface area contributed by atoms with Crippen LogP contribution in [0.4, 0.5) is 0 Å². The summed E-state index contributed by atoms with van der Waals surface area (Å²) < 4.78 is 9.80. The van der Waals surface area contributed by atoms with Gasteiger partial charge in [-0.3, -0.25) is 19.3 Å². The van der Waals surface area contributed by atoms with E-state index in [1.807, 2.05) is 4.90 Å². The van der Waals surface area contributed by atoms with Crippen LogP contribution in [0.1, 0.15) is 234 Å². The van der Waals surface area contributed by atoms with Crippen molar-refractivity contribution in [3.63, 3.8) is 0 Å². The molecular formula is C54H111N5O6. The molecule has 0 saturated heterocycles. The summed E-state index contributed by atoms with van der Waals surface area (Å²) in [6.07, 6.45) is 37.8. The molecule has 2 amide bonds. The molecule has 388 valence electrons. The van der Waals surface area contributed by atoms with Crippen molar-refractivity contribution in [1.29, 1.82) is 0 Å². The second-order valence-corrected chi connectivity index (χ2v) is 18.0. The van der Waals surface area contributed by atoms with Crippen molar-refractivity contribution in [3.05, 3.63) is 0 Å². The average molecular weight is 927 g/mol. The SMILES string of the molecule is CCCCCCCCCN(CCCCCCCCC)CCN(CCCCCCCCC)CC(=O)N(CCC)CCNC=O.CCCCOC.CCCCOC(=O)CCCNCCCC=O. The Labute approximate surface area is 403 Å². The Morgan fingerprint density at radius 1 is 0.462 bits per heavy atom. The predicted molar refractivity (Wildman–Crippen MR) is 278 cm³/mol. The number of hydrogen-bond donors (Lipinski definition) is 2. The molecule has 0 heterocycles. The average Bonchev–Trinajstić information content (AvgIpc) is 3.31. The summed E-state index contributed by atoms with van der Waals surface area (Å²) in [5.74, 6) is 0.103.